The minimum absolute atomic E-state index is 0.273. The summed E-state index contributed by atoms with van der Waals surface area (Å²) in [4.78, 5) is 11.4. The van der Waals surface area contributed by atoms with E-state index in [0.29, 0.717) is 26.1 Å². The number of halogens is 1. The number of rotatable bonds is 8. The zero-order valence-electron chi connectivity index (χ0n) is 19.3. The Morgan fingerprint density at radius 2 is 2.00 bits per heavy atom. The van der Waals surface area contributed by atoms with Crippen LogP contribution < -0.4 is 10.2 Å². The van der Waals surface area contributed by atoms with Gasteiger partial charge in [0, 0.05) is 24.0 Å². The van der Waals surface area contributed by atoms with Gasteiger partial charge in [0.1, 0.15) is 16.6 Å². The van der Waals surface area contributed by atoms with Gasteiger partial charge in [0.2, 0.25) is 0 Å². The molecule has 0 amide bonds. The Bertz CT molecular complexity index is 1450. The van der Waals surface area contributed by atoms with Gasteiger partial charge in [-0.2, -0.15) is 12.9 Å². The van der Waals surface area contributed by atoms with Gasteiger partial charge in [-0.05, 0) is 49.2 Å². The fourth-order valence-corrected chi connectivity index (χ4v) is 5.52. The van der Waals surface area contributed by atoms with Crippen LogP contribution >= 0.6 is 11.3 Å². The van der Waals surface area contributed by atoms with Crippen LogP contribution in [0.2, 0.25) is 0 Å². The maximum absolute atomic E-state index is 13.2. The van der Waals surface area contributed by atoms with Crippen LogP contribution in [0.1, 0.15) is 24.0 Å². The molecule has 35 heavy (non-hydrogen) atoms. The second-order valence-corrected chi connectivity index (χ2v) is 10.9. The highest BCUT2D eigenvalue weighted by Gasteiger charge is 2.27. The van der Waals surface area contributed by atoms with Crippen LogP contribution in [0, 0.1) is 5.82 Å². The van der Waals surface area contributed by atoms with E-state index >= 15 is 0 Å². The molecule has 1 N–H and O–H groups in total. The first kappa shape index (κ1) is 23.6. The molecule has 0 saturated carbocycles. The van der Waals surface area contributed by atoms with E-state index in [0.717, 1.165) is 51.9 Å². The monoisotopic (exact) mass is 516 g/mol. The Balaban J connectivity index is 1.35. The highest BCUT2D eigenvalue weighted by molar-refractivity contribution is 7.86. The van der Waals surface area contributed by atoms with E-state index in [2.05, 4.69) is 10.3 Å². The first-order valence-corrected chi connectivity index (χ1v) is 13.9. The average Bonchev–Trinajstić information content (AvgIpc) is 3.55. The van der Waals surface area contributed by atoms with Crippen LogP contribution in [0.25, 0.3) is 16.9 Å². The molecule has 0 spiro atoms. The number of benzene rings is 1. The van der Waals surface area contributed by atoms with Gasteiger partial charge in [0.05, 0.1) is 30.3 Å². The topological polar surface area (TPSA) is 102 Å². The SMILES string of the molecule is CCc1nc2ccc(N3CCC(OS(C)(=O)=O)C3)nn2c1NCc1nc(-c2ccc(F)cc2)cs1. The molecule has 4 aromatic rings. The van der Waals surface area contributed by atoms with E-state index in [1.54, 1.807) is 16.6 Å². The second kappa shape index (κ2) is 9.51. The predicted octanol–water partition coefficient (Wildman–Crippen LogP) is 3.72. The highest BCUT2D eigenvalue weighted by Crippen LogP contribution is 2.26. The van der Waals surface area contributed by atoms with Gasteiger partial charge in [-0.15, -0.1) is 16.4 Å². The van der Waals surface area contributed by atoms with Crippen molar-refractivity contribution >= 4 is 38.7 Å². The molecule has 5 rings (SSSR count). The molecule has 1 atom stereocenters. The number of imidazole rings is 1. The van der Waals surface area contributed by atoms with E-state index in [-0.39, 0.29) is 11.9 Å². The Kier molecular flexibility index (Phi) is 6.43. The fraction of sp³-hybridized carbons (Fsp3) is 0.348. The van der Waals surface area contributed by atoms with Crippen molar-refractivity contribution in [1.82, 2.24) is 19.6 Å². The molecule has 9 nitrogen and oxygen atoms in total. The molecule has 4 heterocycles. The largest absolute Gasteiger partial charge is 0.362 e. The van der Waals surface area contributed by atoms with E-state index in [1.807, 2.05) is 29.3 Å². The van der Waals surface area contributed by atoms with E-state index < -0.39 is 10.1 Å². The summed E-state index contributed by atoms with van der Waals surface area (Å²) in [6, 6.07) is 10.1. The maximum atomic E-state index is 13.2. The summed E-state index contributed by atoms with van der Waals surface area (Å²) in [6.45, 7) is 3.64. The third-order valence-corrected chi connectivity index (χ3v) is 7.22. The van der Waals surface area contributed by atoms with Crippen molar-refractivity contribution < 1.29 is 17.0 Å². The molecular formula is C23H25FN6O3S2. The van der Waals surface area contributed by atoms with Gasteiger partial charge < -0.3 is 10.2 Å². The number of hydrogen-bond donors (Lipinski definition) is 1. The van der Waals surface area contributed by atoms with Crippen molar-refractivity contribution in [2.24, 2.45) is 0 Å². The van der Waals surface area contributed by atoms with Crippen molar-refractivity contribution in [1.29, 1.82) is 0 Å². The Hall–Kier alpha value is -3.09. The summed E-state index contributed by atoms with van der Waals surface area (Å²) in [5, 5.41) is 11.1. The third kappa shape index (κ3) is 5.29. The fourth-order valence-electron chi connectivity index (χ4n) is 4.13. The molecule has 184 valence electrons. The molecule has 0 aliphatic carbocycles. The van der Waals surface area contributed by atoms with Crippen molar-refractivity contribution in [3.63, 3.8) is 0 Å². The van der Waals surface area contributed by atoms with Crippen molar-refractivity contribution in [3.8, 4) is 11.3 Å². The Morgan fingerprint density at radius 1 is 1.20 bits per heavy atom. The van der Waals surface area contributed by atoms with Crippen LogP contribution in [0.5, 0.6) is 0 Å². The van der Waals surface area contributed by atoms with E-state index in [9.17, 15) is 12.8 Å². The predicted molar refractivity (Wildman–Crippen MR) is 134 cm³/mol. The van der Waals surface area contributed by atoms with Gasteiger partial charge in [0.15, 0.2) is 11.5 Å². The number of thiazole rings is 1. The van der Waals surface area contributed by atoms with Crippen molar-refractivity contribution in [2.75, 3.05) is 29.6 Å². The number of aromatic nitrogens is 4. The van der Waals surface area contributed by atoms with Gasteiger partial charge >= 0.3 is 0 Å². The molecule has 12 heteroatoms. The van der Waals surface area contributed by atoms with Crippen LogP contribution in [0.15, 0.2) is 41.8 Å². The standard InChI is InChI=1S/C23H25FN6O3S2/c1-3-18-23(25-12-22-27-19(14-34-22)15-4-6-16(24)7-5-15)30-20(26-18)8-9-21(28-30)29-11-10-17(13-29)33-35(2,31)32/h4-9,14,17,25H,3,10-13H2,1-2H3. The molecule has 1 aromatic carbocycles. The lowest BCUT2D eigenvalue weighted by Gasteiger charge is -2.17. The number of aryl methyl sites for hydroxylation is 1. The summed E-state index contributed by atoms with van der Waals surface area (Å²) >= 11 is 1.53. The van der Waals surface area contributed by atoms with Gasteiger partial charge in [0.25, 0.3) is 10.1 Å². The first-order valence-electron chi connectivity index (χ1n) is 11.2. The minimum Gasteiger partial charge on any atom is -0.362 e. The number of hydrogen-bond acceptors (Lipinski definition) is 9. The highest BCUT2D eigenvalue weighted by atomic mass is 32.2. The molecule has 3 aromatic heterocycles. The van der Waals surface area contributed by atoms with E-state index in [4.69, 9.17) is 14.3 Å². The number of nitrogens with one attached hydrogen (secondary N) is 1. The summed E-state index contributed by atoms with van der Waals surface area (Å²) in [5.74, 6) is 1.25. The first-order chi connectivity index (χ1) is 16.8. The minimum atomic E-state index is -3.50. The van der Waals surface area contributed by atoms with Crippen LogP contribution in [0.4, 0.5) is 16.0 Å². The van der Waals surface area contributed by atoms with Gasteiger partial charge in [-0.25, -0.2) is 14.4 Å². The molecule has 0 bridgehead atoms. The molecular weight excluding hydrogens is 491 g/mol. The lowest BCUT2D eigenvalue weighted by atomic mass is 10.2. The summed E-state index contributed by atoms with van der Waals surface area (Å²) in [5.41, 5.74) is 3.29. The average molecular weight is 517 g/mol. The molecule has 1 unspecified atom stereocenters. The van der Waals surface area contributed by atoms with Crippen LogP contribution in [0.3, 0.4) is 0 Å². The van der Waals surface area contributed by atoms with E-state index in [1.165, 1.54) is 23.5 Å². The quantitative estimate of drug-likeness (QED) is 0.354. The molecule has 1 aliphatic heterocycles. The third-order valence-electron chi connectivity index (χ3n) is 5.75. The smallest absolute Gasteiger partial charge is 0.264 e. The molecule has 1 fully saturated rings. The molecule has 1 saturated heterocycles. The van der Waals surface area contributed by atoms with Crippen molar-refractivity contribution in [2.45, 2.75) is 32.4 Å². The van der Waals surface area contributed by atoms with Crippen molar-refractivity contribution in [3.05, 3.63) is 58.3 Å². The second-order valence-electron chi connectivity index (χ2n) is 8.37. The number of anilines is 2. The number of nitrogens with zero attached hydrogens (tertiary/aromatic N) is 5. The summed E-state index contributed by atoms with van der Waals surface area (Å²) in [7, 11) is -3.50. The number of fused-ring (bicyclic) bond motifs is 1. The van der Waals surface area contributed by atoms with Gasteiger partial charge in [-0.1, -0.05) is 6.92 Å². The normalized spacial score (nSPS) is 16.3. The van der Waals surface area contributed by atoms with Crippen LogP contribution in [-0.2, 0) is 27.3 Å². The lowest BCUT2D eigenvalue weighted by Crippen LogP contribution is -2.25. The maximum Gasteiger partial charge on any atom is 0.264 e. The van der Waals surface area contributed by atoms with Gasteiger partial charge in [-0.3, -0.25) is 4.18 Å². The lowest BCUT2D eigenvalue weighted by molar-refractivity contribution is 0.234. The Morgan fingerprint density at radius 3 is 2.74 bits per heavy atom. The zero-order chi connectivity index (χ0) is 24.6. The molecule has 1 aliphatic rings. The summed E-state index contributed by atoms with van der Waals surface area (Å²) < 4.78 is 43.1. The summed E-state index contributed by atoms with van der Waals surface area (Å²) in [6.07, 6.45) is 2.03. The Labute approximate surface area is 206 Å². The zero-order valence-corrected chi connectivity index (χ0v) is 20.9. The van der Waals surface area contributed by atoms with Crippen LogP contribution in [-0.4, -0.2) is 53.4 Å². The molecule has 0 radical (unpaired) electrons.